The summed E-state index contributed by atoms with van der Waals surface area (Å²) in [6.45, 7) is 1.71. The number of hydrogen-bond acceptors (Lipinski definition) is 8. The van der Waals surface area contributed by atoms with Gasteiger partial charge in [-0.15, -0.1) is 0 Å². The van der Waals surface area contributed by atoms with Crippen molar-refractivity contribution in [2.75, 3.05) is 45.9 Å². The van der Waals surface area contributed by atoms with Crippen LogP contribution in [0.4, 0.5) is 10.7 Å². The van der Waals surface area contributed by atoms with Crippen LogP contribution in [0, 0.1) is 0 Å². The molecular weight excluding hydrogens is 376 g/mol. The number of ether oxygens (including phenoxy) is 4. The van der Waals surface area contributed by atoms with Gasteiger partial charge in [0.2, 0.25) is 17.7 Å². The topological polar surface area (TPSA) is 86.2 Å². The fraction of sp³-hybridized carbons (Fsp3) is 0.450. The van der Waals surface area contributed by atoms with Crippen LogP contribution in [0.3, 0.4) is 0 Å². The fourth-order valence-electron chi connectivity index (χ4n) is 3.71. The zero-order chi connectivity index (χ0) is 20.4. The highest BCUT2D eigenvalue weighted by Gasteiger charge is 2.48. The minimum absolute atomic E-state index is 0.0402. The van der Waals surface area contributed by atoms with Gasteiger partial charge < -0.3 is 23.8 Å². The first kappa shape index (κ1) is 19.1. The summed E-state index contributed by atoms with van der Waals surface area (Å²) in [5.74, 6) is 2.17. The molecule has 1 aromatic heterocycles. The first-order chi connectivity index (χ1) is 14.1. The van der Waals surface area contributed by atoms with Crippen LogP contribution < -0.4 is 19.1 Å². The second-order valence-corrected chi connectivity index (χ2v) is 6.94. The van der Waals surface area contributed by atoms with E-state index in [2.05, 4.69) is 9.97 Å². The number of carbonyl (C=O) groups excluding carboxylic acids is 1. The van der Waals surface area contributed by atoms with Crippen LogP contribution in [0.5, 0.6) is 17.5 Å². The number of rotatable bonds is 7. The first-order valence-electron chi connectivity index (χ1n) is 9.43. The van der Waals surface area contributed by atoms with Gasteiger partial charge in [0, 0.05) is 13.1 Å². The molecule has 0 saturated carbocycles. The highest BCUT2D eigenvalue weighted by atomic mass is 16.6. The second kappa shape index (κ2) is 8.02. The van der Waals surface area contributed by atoms with Gasteiger partial charge in [-0.2, -0.15) is 9.97 Å². The van der Waals surface area contributed by atoms with Crippen molar-refractivity contribution in [2.45, 2.75) is 18.6 Å². The monoisotopic (exact) mass is 400 g/mol. The Labute approximate surface area is 169 Å². The normalized spacial score (nSPS) is 20.4. The van der Waals surface area contributed by atoms with Crippen molar-refractivity contribution in [3.05, 3.63) is 35.9 Å². The summed E-state index contributed by atoms with van der Waals surface area (Å²) >= 11 is 0. The molecule has 0 radical (unpaired) electrons. The number of benzene rings is 1. The van der Waals surface area contributed by atoms with Crippen molar-refractivity contribution in [1.29, 1.82) is 0 Å². The summed E-state index contributed by atoms with van der Waals surface area (Å²) in [7, 11) is 4.74. The van der Waals surface area contributed by atoms with Gasteiger partial charge in [0.15, 0.2) is 0 Å². The predicted molar refractivity (Wildman–Crippen MR) is 105 cm³/mol. The van der Waals surface area contributed by atoms with Crippen LogP contribution in [0.15, 0.2) is 30.3 Å². The molecule has 3 heterocycles. The Kier molecular flexibility index (Phi) is 5.28. The van der Waals surface area contributed by atoms with E-state index in [1.54, 1.807) is 32.3 Å². The van der Waals surface area contributed by atoms with E-state index < -0.39 is 0 Å². The number of hydrogen-bond donors (Lipinski definition) is 0. The van der Waals surface area contributed by atoms with Crippen LogP contribution >= 0.6 is 0 Å². The Hall–Kier alpha value is -3.23. The number of carbonyl (C=O) groups is 1. The molecule has 1 aromatic carbocycles. The molecule has 2 fully saturated rings. The van der Waals surface area contributed by atoms with Crippen LogP contribution in [-0.2, 0) is 11.2 Å². The maximum Gasteiger partial charge on any atom is 0.410 e. The third kappa shape index (κ3) is 3.85. The van der Waals surface area contributed by atoms with Gasteiger partial charge in [0.05, 0.1) is 40.0 Å². The van der Waals surface area contributed by atoms with Gasteiger partial charge in [0.25, 0.3) is 0 Å². The number of anilines is 1. The van der Waals surface area contributed by atoms with Gasteiger partial charge in [-0.3, -0.25) is 4.90 Å². The van der Waals surface area contributed by atoms with Gasteiger partial charge in [-0.1, -0.05) is 12.1 Å². The lowest BCUT2D eigenvalue weighted by atomic mass is 10.1. The molecule has 2 aromatic rings. The van der Waals surface area contributed by atoms with Gasteiger partial charge in [0.1, 0.15) is 11.9 Å². The number of nitrogens with zero attached hydrogens (tertiary/aromatic N) is 4. The van der Waals surface area contributed by atoms with Crippen LogP contribution in [-0.4, -0.2) is 74.1 Å². The van der Waals surface area contributed by atoms with E-state index in [-0.39, 0.29) is 18.2 Å². The smallest absolute Gasteiger partial charge is 0.410 e. The lowest BCUT2D eigenvalue weighted by Crippen LogP contribution is -2.39. The lowest BCUT2D eigenvalue weighted by molar-refractivity contribution is 0.136. The molecule has 0 bridgehead atoms. The summed E-state index contributed by atoms with van der Waals surface area (Å²) in [4.78, 5) is 24.9. The largest absolute Gasteiger partial charge is 0.497 e. The van der Waals surface area contributed by atoms with Crippen molar-refractivity contribution in [3.8, 4) is 17.5 Å². The number of methoxy groups -OCH3 is 3. The number of amides is 1. The molecule has 2 aliphatic heterocycles. The first-order valence-corrected chi connectivity index (χ1v) is 9.43. The van der Waals surface area contributed by atoms with Gasteiger partial charge >= 0.3 is 6.09 Å². The Morgan fingerprint density at radius 3 is 2.34 bits per heavy atom. The second-order valence-electron chi connectivity index (χ2n) is 6.94. The fourth-order valence-corrected chi connectivity index (χ4v) is 3.71. The van der Waals surface area contributed by atoms with Crippen LogP contribution in [0.2, 0.25) is 0 Å². The average molecular weight is 400 g/mol. The van der Waals surface area contributed by atoms with Crippen molar-refractivity contribution in [1.82, 2.24) is 14.9 Å². The number of aromatic nitrogens is 2. The molecule has 9 nitrogen and oxygen atoms in total. The summed E-state index contributed by atoms with van der Waals surface area (Å²) in [6.07, 6.45) is 0.266. The van der Waals surface area contributed by atoms with Crippen LogP contribution in [0.25, 0.3) is 0 Å². The van der Waals surface area contributed by atoms with E-state index >= 15 is 0 Å². The van der Waals surface area contributed by atoms with Crippen molar-refractivity contribution in [2.24, 2.45) is 0 Å². The standard InChI is InChI=1S/C20H24N4O5/c1-26-14-6-4-13(5-7-14)8-9-24-15-11-23(12-16(15)29-20(24)25)19-21-17(27-2)10-18(22-19)28-3/h4-7,10,15-16H,8-9,11-12H2,1-3H3/t15-,16+/m0/s1. The molecule has 0 aliphatic carbocycles. The molecule has 154 valence electrons. The van der Waals surface area contributed by atoms with E-state index in [4.69, 9.17) is 18.9 Å². The molecule has 2 atom stereocenters. The molecule has 0 N–H and O–H groups in total. The van der Waals surface area contributed by atoms with Gasteiger partial charge in [-0.25, -0.2) is 4.79 Å². The van der Waals surface area contributed by atoms with Crippen molar-refractivity contribution < 1.29 is 23.7 Å². The Bertz CT molecular complexity index is 853. The third-order valence-electron chi connectivity index (χ3n) is 5.29. The Balaban J connectivity index is 1.44. The van der Waals surface area contributed by atoms with E-state index in [9.17, 15) is 4.79 Å². The predicted octanol–water partition coefficient (Wildman–Crippen LogP) is 1.75. The van der Waals surface area contributed by atoms with E-state index in [0.29, 0.717) is 37.3 Å². The summed E-state index contributed by atoms with van der Waals surface area (Å²) in [5, 5.41) is 0. The quantitative estimate of drug-likeness (QED) is 0.695. The molecule has 2 saturated heterocycles. The van der Waals surface area contributed by atoms with Crippen molar-refractivity contribution in [3.63, 3.8) is 0 Å². The van der Waals surface area contributed by atoms with Gasteiger partial charge in [-0.05, 0) is 24.1 Å². The zero-order valence-corrected chi connectivity index (χ0v) is 16.7. The molecule has 0 unspecified atom stereocenters. The zero-order valence-electron chi connectivity index (χ0n) is 16.7. The summed E-state index contributed by atoms with van der Waals surface area (Å²) in [5.41, 5.74) is 1.14. The summed E-state index contributed by atoms with van der Waals surface area (Å²) < 4.78 is 21.2. The maximum absolute atomic E-state index is 12.3. The van der Waals surface area contributed by atoms with E-state index in [0.717, 1.165) is 17.7 Å². The molecular formula is C20H24N4O5. The minimum Gasteiger partial charge on any atom is -0.497 e. The van der Waals surface area contributed by atoms with E-state index in [1.807, 2.05) is 29.2 Å². The molecule has 1 amide bonds. The molecule has 2 aliphatic rings. The minimum atomic E-state index is -0.266. The SMILES string of the molecule is COc1ccc(CCN2C(=O)O[C@@H]3CN(c4nc(OC)cc(OC)n4)C[C@@H]32)cc1. The van der Waals surface area contributed by atoms with E-state index in [1.165, 1.54) is 0 Å². The number of fused-ring (bicyclic) bond motifs is 1. The maximum atomic E-state index is 12.3. The highest BCUT2D eigenvalue weighted by molar-refractivity contribution is 5.71. The highest BCUT2D eigenvalue weighted by Crippen LogP contribution is 2.30. The third-order valence-corrected chi connectivity index (χ3v) is 5.29. The van der Waals surface area contributed by atoms with Crippen molar-refractivity contribution >= 4 is 12.0 Å². The molecule has 4 rings (SSSR count). The average Bonchev–Trinajstić information content (AvgIpc) is 3.29. The molecule has 0 spiro atoms. The Morgan fingerprint density at radius 1 is 1.03 bits per heavy atom. The van der Waals surface area contributed by atoms with Crippen LogP contribution in [0.1, 0.15) is 5.56 Å². The molecule has 9 heteroatoms. The summed E-state index contributed by atoms with van der Waals surface area (Å²) in [6, 6.07) is 9.45. The molecule has 29 heavy (non-hydrogen) atoms. The Morgan fingerprint density at radius 2 is 1.72 bits per heavy atom. The lowest BCUT2D eigenvalue weighted by Gasteiger charge is -2.22.